The van der Waals surface area contributed by atoms with Gasteiger partial charge in [0.05, 0.1) is 22.1 Å². The summed E-state index contributed by atoms with van der Waals surface area (Å²) in [6.07, 6.45) is 1.51. The lowest BCUT2D eigenvalue weighted by Crippen LogP contribution is -2.14. The van der Waals surface area contributed by atoms with Gasteiger partial charge in [-0.3, -0.25) is 14.8 Å². The molecule has 1 atom stereocenters. The second-order valence-electron chi connectivity index (χ2n) is 5.79. The standard InChI is InChI=1S/C18H17N3O5S/c1-13(18-8-5-11-26-18)19-16-10-9-15(12-17(16)21(22)23)27(24,25)20-14-6-3-2-4-7-14/h2-13,19-20H,1H3/t13-/m0/s1. The lowest BCUT2D eigenvalue weighted by Gasteiger charge is -2.14. The zero-order valence-electron chi connectivity index (χ0n) is 14.3. The number of sulfonamides is 1. The minimum atomic E-state index is -3.96. The summed E-state index contributed by atoms with van der Waals surface area (Å²) in [5.74, 6) is 0.603. The van der Waals surface area contributed by atoms with Crippen LogP contribution in [0.2, 0.25) is 0 Å². The summed E-state index contributed by atoms with van der Waals surface area (Å²) in [5, 5.41) is 14.4. The molecular weight excluding hydrogens is 370 g/mol. The van der Waals surface area contributed by atoms with E-state index in [2.05, 4.69) is 10.0 Å². The predicted octanol–water partition coefficient (Wildman–Crippen LogP) is 4.16. The van der Waals surface area contributed by atoms with Gasteiger partial charge in [0.25, 0.3) is 15.7 Å². The third-order valence-corrected chi connectivity index (χ3v) is 5.22. The molecule has 9 heteroatoms. The van der Waals surface area contributed by atoms with Gasteiger partial charge in [-0.1, -0.05) is 18.2 Å². The SMILES string of the molecule is C[C@H](Nc1ccc(S(=O)(=O)Nc2ccccc2)cc1[N+](=O)[O-])c1ccco1. The van der Waals surface area contributed by atoms with E-state index in [0.29, 0.717) is 11.4 Å². The molecule has 3 rings (SSSR count). The van der Waals surface area contributed by atoms with Crippen molar-refractivity contribution in [3.8, 4) is 0 Å². The molecule has 0 bridgehead atoms. The van der Waals surface area contributed by atoms with Gasteiger partial charge in [0.1, 0.15) is 11.4 Å². The van der Waals surface area contributed by atoms with Crippen LogP contribution in [0.25, 0.3) is 0 Å². The molecule has 0 radical (unpaired) electrons. The average molecular weight is 387 g/mol. The van der Waals surface area contributed by atoms with Gasteiger partial charge in [-0.2, -0.15) is 0 Å². The number of furan rings is 1. The lowest BCUT2D eigenvalue weighted by molar-refractivity contribution is -0.384. The molecule has 8 nitrogen and oxygen atoms in total. The Morgan fingerprint density at radius 3 is 2.44 bits per heavy atom. The Hall–Kier alpha value is -3.33. The summed E-state index contributed by atoms with van der Waals surface area (Å²) in [5.41, 5.74) is 0.223. The van der Waals surface area contributed by atoms with Crippen LogP contribution in [0.4, 0.5) is 17.1 Å². The summed E-state index contributed by atoms with van der Waals surface area (Å²) in [7, 11) is -3.96. The topological polar surface area (TPSA) is 114 Å². The average Bonchev–Trinajstić information content (AvgIpc) is 3.17. The highest BCUT2D eigenvalue weighted by Gasteiger charge is 2.23. The second-order valence-corrected chi connectivity index (χ2v) is 7.47. The van der Waals surface area contributed by atoms with E-state index in [4.69, 9.17) is 4.42 Å². The molecule has 0 aliphatic carbocycles. The summed E-state index contributed by atoms with van der Waals surface area (Å²) in [6, 6.07) is 15.1. The zero-order valence-corrected chi connectivity index (χ0v) is 15.1. The molecule has 0 aliphatic rings. The van der Waals surface area contributed by atoms with Crippen molar-refractivity contribution in [3.63, 3.8) is 0 Å². The number of nitro benzene ring substituents is 1. The van der Waals surface area contributed by atoms with Gasteiger partial charge in [-0.15, -0.1) is 0 Å². The van der Waals surface area contributed by atoms with Crippen LogP contribution in [0.15, 0.2) is 76.2 Å². The maximum Gasteiger partial charge on any atom is 0.293 e. The normalized spacial score (nSPS) is 12.3. The van der Waals surface area contributed by atoms with Crippen LogP contribution in [0.1, 0.15) is 18.7 Å². The van der Waals surface area contributed by atoms with Crippen LogP contribution in [0.3, 0.4) is 0 Å². The van der Waals surface area contributed by atoms with Crippen LogP contribution < -0.4 is 10.0 Å². The van der Waals surface area contributed by atoms with Crippen LogP contribution >= 0.6 is 0 Å². The molecular formula is C18H17N3O5S. The number of rotatable bonds is 7. The largest absolute Gasteiger partial charge is 0.467 e. The van der Waals surface area contributed by atoms with E-state index < -0.39 is 14.9 Å². The number of para-hydroxylation sites is 1. The third-order valence-electron chi connectivity index (χ3n) is 3.84. The Kier molecular flexibility index (Phi) is 5.13. The first-order valence-corrected chi connectivity index (χ1v) is 9.51. The van der Waals surface area contributed by atoms with Crippen molar-refractivity contribution >= 4 is 27.1 Å². The van der Waals surface area contributed by atoms with Gasteiger partial charge >= 0.3 is 0 Å². The first kappa shape index (κ1) is 18.5. The fraction of sp³-hybridized carbons (Fsp3) is 0.111. The predicted molar refractivity (Wildman–Crippen MR) is 101 cm³/mol. The van der Waals surface area contributed by atoms with Crippen LogP contribution in [-0.2, 0) is 10.0 Å². The Morgan fingerprint density at radius 1 is 1.07 bits per heavy atom. The van der Waals surface area contributed by atoms with E-state index in [1.807, 2.05) is 0 Å². The molecule has 0 fully saturated rings. The summed E-state index contributed by atoms with van der Waals surface area (Å²) >= 11 is 0. The molecule has 0 amide bonds. The minimum Gasteiger partial charge on any atom is -0.467 e. The Bertz CT molecular complexity index is 1030. The number of nitro groups is 1. The van der Waals surface area contributed by atoms with E-state index in [0.717, 1.165) is 6.07 Å². The molecule has 0 aliphatic heterocycles. The number of hydrogen-bond acceptors (Lipinski definition) is 6. The van der Waals surface area contributed by atoms with Crippen molar-refractivity contribution in [2.24, 2.45) is 0 Å². The highest BCUT2D eigenvalue weighted by Crippen LogP contribution is 2.31. The number of hydrogen-bond donors (Lipinski definition) is 2. The van der Waals surface area contributed by atoms with Gasteiger partial charge in [0, 0.05) is 11.8 Å². The minimum absolute atomic E-state index is 0.197. The first-order valence-electron chi connectivity index (χ1n) is 8.03. The smallest absolute Gasteiger partial charge is 0.293 e. The van der Waals surface area contributed by atoms with E-state index >= 15 is 0 Å². The molecule has 0 saturated carbocycles. The molecule has 3 aromatic rings. The fourth-order valence-corrected chi connectivity index (χ4v) is 3.59. The number of benzene rings is 2. The third kappa shape index (κ3) is 4.26. The number of nitrogens with one attached hydrogen (secondary N) is 2. The molecule has 0 saturated heterocycles. The highest BCUT2D eigenvalue weighted by molar-refractivity contribution is 7.92. The molecule has 1 heterocycles. The quantitative estimate of drug-likeness (QED) is 0.465. The summed E-state index contributed by atoms with van der Waals surface area (Å²) in [4.78, 5) is 10.6. The fourth-order valence-electron chi connectivity index (χ4n) is 2.51. The van der Waals surface area contributed by atoms with Crippen molar-refractivity contribution < 1.29 is 17.8 Å². The van der Waals surface area contributed by atoms with Gasteiger partial charge in [0.2, 0.25) is 0 Å². The Labute approximate surface area is 156 Å². The number of anilines is 2. The Morgan fingerprint density at radius 2 is 1.81 bits per heavy atom. The summed E-state index contributed by atoms with van der Waals surface area (Å²) in [6.45, 7) is 1.78. The van der Waals surface area contributed by atoms with E-state index in [-0.39, 0.29) is 22.3 Å². The molecule has 0 spiro atoms. The highest BCUT2D eigenvalue weighted by atomic mass is 32.2. The maximum atomic E-state index is 12.5. The monoisotopic (exact) mass is 387 g/mol. The van der Waals surface area contributed by atoms with Crippen molar-refractivity contribution in [1.82, 2.24) is 0 Å². The molecule has 27 heavy (non-hydrogen) atoms. The van der Waals surface area contributed by atoms with Gasteiger partial charge < -0.3 is 9.73 Å². The van der Waals surface area contributed by atoms with Crippen molar-refractivity contribution in [2.45, 2.75) is 17.9 Å². The van der Waals surface area contributed by atoms with Gasteiger partial charge in [0.15, 0.2) is 0 Å². The molecule has 2 aromatic carbocycles. The lowest BCUT2D eigenvalue weighted by atomic mass is 10.2. The van der Waals surface area contributed by atoms with E-state index in [1.54, 1.807) is 49.4 Å². The zero-order chi connectivity index (χ0) is 19.4. The van der Waals surface area contributed by atoms with Crippen LogP contribution in [0.5, 0.6) is 0 Å². The second kappa shape index (κ2) is 7.50. The van der Waals surface area contributed by atoms with Crippen molar-refractivity contribution in [1.29, 1.82) is 0 Å². The van der Waals surface area contributed by atoms with Crippen LogP contribution in [-0.4, -0.2) is 13.3 Å². The van der Waals surface area contributed by atoms with Gasteiger partial charge in [-0.25, -0.2) is 8.42 Å². The van der Waals surface area contributed by atoms with Crippen molar-refractivity contribution in [2.75, 3.05) is 10.0 Å². The van der Waals surface area contributed by atoms with Crippen LogP contribution in [0, 0.1) is 10.1 Å². The molecule has 140 valence electrons. The van der Waals surface area contributed by atoms with Crippen molar-refractivity contribution in [3.05, 3.63) is 82.8 Å². The summed E-state index contributed by atoms with van der Waals surface area (Å²) < 4.78 is 32.7. The Balaban J connectivity index is 1.90. The molecule has 0 unspecified atom stereocenters. The first-order chi connectivity index (χ1) is 12.9. The molecule has 1 aromatic heterocycles. The maximum absolute atomic E-state index is 12.5. The molecule has 2 N–H and O–H groups in total. The number of nitrogens with zero attached hydrogens (tertiary/aromatic N) is 1. The van der Waals surface area contributed by atoms with E-state index in [1.165, 1.54) is 18.4 Å². The van der Waals surface area contributed by atoms with Gasteiger partial charge in [-0.05, 0) is 43.3 Å². The van der Waals surface area contributed by atoms with E-state index in [9.17, 15) is 18.5 Å².